The van der Waals surface area contributed by atoms with Crippen LogP contribution in [0, 0.1) is 5.41 Å². The molecule has 1 amide bonds. The monoisotopic (exact) mass is 278 g/mol. The van der Waals surface area contributed by atoms with Crippen LogP contribution in [0.5, 0.6) is 0 Å². The lowest BCUT2D eigenvalue weighted by Crippen LogP contribution is -2.64. The van der Waals surface area contributed by atoms with Crippen LogP contribution in [0.2, 0.25) is 0 Å². The van der Waals surface area contributed by atoms with Gasteiger partial charge in [-0.1, -0.05) is 12.8 Å². The Morgan fingerprint density at radius 3 is 2.90 bits per heavy atom. The molecule has 0 unspecified atom stereocenters. The van der Waals surface area contributed by atoms with Crippen LogP contribution in [-0.2, 0) is 4.74 Å². The number of aromatic nitrogens is 3. The Labute approximate surface area is 118 Å². The summed E-state index contributed by atoms with van der Waals surface area (Å²) in [6, 6.07) is 0.269. The minimum atomic E-state index is -0.0510. The van der Waals surface area contributed by atoms with E-state index in [0.717, 1.165) is 13.0 Å². The zero-order valence-electron chi connectivity index (χ0n) is 12.1. The Morgan fingerprint density at radius 1 is 1.55 bits per heavy atom. The van der Waals surface area contributed by atoms with Crippen LogP contribution in [0.1, 0.15) is 49.5 Å². The van der Waals surface area contributed by atoms with Crippen molar-refractivity contribution in [1.82, 2.24) is 20.3 Å². The zero-order chi connectivity index (χ0) is 14.2. The second-order valence-corrected chi connectivity index (χ2v) is 5.91. The average molecular weight is 278 g/mol. The van der Waals surface area contributed by atoms with Gasteiger partial charge in [0.1, 0.15) is 0 Å². The first kappa shape index (κ1) is 13.5. The maximum atomic E-state index is 12.4. The van der Waals surface area contributed by atoms with Crippen LogP contribution in [0.4, 0.5) is 0 Å². The summed E-state index contributed by atoms with van der Waals surface area (Å²) < 4.78 is 5.89. The van der Waals surface area contributed by atoms with Gasteiger partial charge < -0.3 is 9.64 Å². The van der Waals surface area contributed by atoms with Crippen LogP contribution >= 0.6 is 0 Å². The molecule has 1 heterocycles. The number of ether oxygens (including phenoxy) is 1. The fourth-order valence-corrected chi connectivity index (χ4v) is 4.02. The lowest BCUT2D eigenvalue weighted by atomic mass is 9.60. The predicted molar refractivity (Wildman–Crippen MR) is 73.2 cm³/mol. The predicted octanol–water partition coefficient (Wildman–Crippen LogP) is 1.61. The van der Waals surface area contributed by atoms with Gasteiger partial charge in [-0.15, -0.1) is 0 Å². The summed E-state index contributed by atoms with van der Waals surface area (Å²) in [6.45, 7) is 2.79. The van der Waals surface area contributed by atoms with Gasteiger partial charge in [-0.05, 0) is 26.2 Å². The number of nitrogens with zero attached hydrogens (tertiary/aromatic N) is 3. The second kappa shape index (κ2) is 5.16. The van der Waals surface area contributed by atoms with Gasteiger partial charge in [-0.25, -0.2) is 0 Å². The van der Waals surface area contributed by atoms with Crippen molar-refractivity contribution < 1.29 is 9.53 Å². The SMILES string of the molecule is CCO[C@@H]1C[C@H](N(C)C(=O)c2cn[nH]n2)C12CCCC2. The molecule has 6 heteroatoms. The third kappa shape index (κ3) is 1.93. The average Bonchev–Trinajstić information content (AvgIpc) is 3.13. The molecule has 1 aromatic heterocycles. The number of hydrogen-bond acceptors (Lipinski definition) is 4. The van der Waals surface area contributed by atoms with E-state index in [1.807, 2.05) is 18.9 Å². The topological polar surface area (TPSA) is 71.1 Å². The maximum absolute atomic E-state index is 12.4. The van der Waals surface area contributed by atoms with Gasteiger partial charge in [0.25, 0.3) is 5.91 Å². The van der Waals surface area contributed by atoms with E-state index in [2.05, 4.69) is 15.4 Å². The molecule has 0 radical (unpaired) electrons. The van der Waals surface area contributed by atoms with E-state index in [9.17, 15) is 4.79 Å². The Hall–Kier alpha value is -1.43. The van der Waals surface area contributed by atoms with Crippen LogP contribution in [0.3, 0.4) is 0 Å². The highest BCUT2D eigenvalue weighted by atomic mass is 16.5. The highest BCUT2D eigenvalue weighted by Gasteiger charge is 2.58. The minimum absolute atomic E-state index is 0.0510. The molecule has 0 aromatic carbocycles. The number of carbonyl (C=O) groups excluding carboxylic acids is 1. The minimum Gasteiger partial charge on any atom is -0.378 e. The fraction of sp³-hybridized carbons (Fsp3) is 0.786. The van der Waals surface area contributed by atoms with Crippen molar-refractivity contribution in [2.75, 3.05) is 13.7 Å². The number of rotatable bonds is 4. The molecule has 1 N–H and O–H groups in total. The molecule has 2 aliphatic rings. The van der Waals surface area contributed by atoms with E-state index in [0.29, 0.717) is 11.8 Å². The molecule has 6 nitrogen and oxygen atoms in total. The first-order chi connectivity index (χ1) is 9.69. The molecule has 20 heavy (non-hydrogen) atoms. The highest BCUT2D eigenvalue weighted by molar-refractivity contribution is 5.92. The Kier molecular flexibility index (Phi) is 3.50. The first-order valence-electron chi connectivity index (χ1n) is 7.43. The Bertz CT molecular complexity index is 468. The van der Waals surface area contributed by atoms with E-state index in [4.69, 9.17) is 4.74 Å². The van der Waals surface area contributed by atoms with Gasteiger partial charge in [0.15, 0.2) is 5.69 Å². The van der Waals surface area contributed by atoms with Crippen LogP contribution < -0.4 is 0 Å². The van der Waals surface area contributed by atoms with Crippen LogP contribution in [0.15, 0.2) is 6.20 Å². The van der Waals surface area contributed by atoms with E-state index in [1.165, 1.54) is 31.9 Å². The lowest BCUT2D eigenvalue weighted by Gasteiger charge is -2.56. The van der Waals surface area contributed by atoms with Crippen molar-refractivity contribution in [1.29, 1.82) is 0 Å². The number of hydrogen-bond donors (Lipinski definition) is 1. The lowest BCUT2D eigenvalue weighted by molar-refractivity contribution is -0.152. The van der Waals surface area contributed by atoms with Gasteiger partial charge in [0.2, 0.25) is 0 Å². The van der Waals surface area contributed by atoms with Crippen LogP contribution in [-0.4, -0.2) is 52.0 Å². The molecular weight excluding hydrogens is 256 g/mol. The maximum Gasteiger partial charge on any atom is 0.276 e. The zero-order valence-corrected chi connectivity index (χ0v) is 12.1. The third-order valence-electron chi connectivity index (χ3n) is 5.07. The van der Waals surface area contributed by atoms with Gasteiger partial charge in [0, 0.05) is 25.1 Å². The highest BCUT2D eigenvalue weighted by Crippen LogP contribution is 2.56. The van der Waals surface area contributed by atoms with Gasteiger partial charge in [-0.3, -0.25) is 4.79 Å². The van der Waals surface area contributed by atoms with Crippen molar-refractivity contribution in [3.63, 3.8) is 0 Å². The molecule has 110 valence electrons. The number of amides is 1. The number of carbonyl (C=O) groups is 1. The normalized spacial score (nSPS) is 27.5. The molecule has 0 saturated heterocycles. The van der Waals surface area contributed by atoms with Gasteiger partial charge in [-0.2, -0.15) is 15.4 Å². The van der Waals surface area contributed by atoms with Crippen molar-refractivity contribution in [3.05, 3.63) is 11.9 Å². The van der Waals surface area contributed by atoms with Gasteiger partial charge in [0.05, 0.1) is 12.3 Å². The molecule has 2 atom stereocenters. The summed E-state index contributed by atoms with van der Waals surface area (Å²) in [5.41, 5.74) is 0.560. The number of aromatic amines is 1. The smallest absolute Gasteiger partial charge is 0.276 e. The van der Waals surface area contributed by atoms with Crippen molar-refractivity contribution in [3.8, 4) is 0 Å². The second-order valence-electron chi connectivity index (χ2n) is 5.91. The van der Waals surface area contributed by atoms with Crippen LogP contribution in [0.25, 0.3) is 0 Å². The molecule has 3 rings (SSSR count). The summed E-state index contributed by atoms with van der Waals surface area (Å²) in [5.74, 6) is -0.0510. The molecule has 2 fully saturated rings. The molecule has 2 saturated carbocycles. The van der Waals surface area contributed by atoms with Crippen molar-refractivity contribution in [2.24, 2.45) is 5.41 Å². The summed E-state index contributed by atoms with van der Waals surface area (Å²) in [7, 11) is 1.88. The summed E-state index contributed by atoms with van der Waals surface area (Å²) in [5, 5.41) is 10.1. The Balaban J connectivity index is 1.75. The summed E-state index contributed by atoms with van der Waals surface area (Å²) in [6.07, 6.45) is 7.55. The first-order valence-corrected chi connectivity index (χ1v) is 7.43. The molecule has 1 spiro atoms. The molecule has 1 aromatic rings. The largest absolute Gasteiger partial charge is 0.378 e. The van der Waals surface area contributed by atoms with Gasteiger partial charge >= 0.3 is 0 Å². The van der Waals surface area contributed by atoms with E-state index >= 15 is 0 Å². The number of H-pyrrole nitrogens is 1. The number of nitrogens with one attached hydrogen (secondary N) is 1. The Morgan fingerprint density at radius 2 is 2.30 bits per heavy atom. The standard InChI is InChI=1S/C14H22N4O2/c1-3-20-12-8-11(14(12)6-4-5-7-14)18(2)13(19)10-9-15-17-16-10/h9,11-12H,3-8H2,1-2H3,(H,15,16,17)/t11-,12+/m0/s1. The van der Waals surface area contributed by atoms with Crippen molar-refractivity contribution in [2.45, 2.75) is 51.2 Å². The van der Waals surface area contributed by atoms with E-state index in [1.54, 1.807) is 0 Å². The molecular formula is C14H22N4O2. The van der Waals surface area contributed by atoms with E-state index < -0.39 is 0 Å². The molecule has 2 aliphatic carbocycles. The summed E-state index contributed by atoms with van der Waals surface area (Å²) >= 11 is 0. The summed E-state index contributed by atoms with van der Waals surface area (Å²) in [4.78, 5) is 14.3. The molecule has 0 bridgehead atoms. The quantitative estimate of drug-likeness (QED) is 0.908. The molecule has 0 aliphatic heterocycles. The fourth-order valence-electron chi connectivity index (χ4n) is 4.02. The third-order valence-corrected chi connectivity index (χ3v) is 5.07. The van der Waals surface area contributed by atoms with Crippen molar-refractivity contribution >= 4 is 5.91 Å². The van der Waals surface area contributed by atoms with E-state index in [-0.39, 0.29) is 17.4 Å².